The van der Waals surface area contributed by atoms with E-state index in [2.05, 4.69) is 20.1 Å². The third-order valence-corrected chi connectivity index (χ3v) is 1.96. The summed E-state index contributed by atoms with van der Waals surface area (Å²) >= 11 is 0. The molecule has 2 unspecified atom stereocenters. The molecule has 4 N–H and O–H groups in total. The number of ether oxygens (including phenoxy) is 2. The van der Waals surface area contributed by atoms with Crippen LogP contribution < -0.4 is 10.6 Å². The van der Waals surface area contributed by atoms with Gasteiger partial charge in [-0.1, -0.05) is 12.1 Å². The quantitative estimate of drug-likeness (QED) is 0.622. The normalized spacial score (nSPS) is 13.0. The summed E-state index contributed by atoms with van der Waals surface area (Å²) in [5, 5.41) is 22.5. The average molecular weight is 284 g/mol. The van der Waals surface area contributed by atoms with Crippen LogP contribution in [0.25, 0.3) is 0 Å². The number of carbonyl (C=O) groups excluding carboxylic acids is 2. The van der Waals surface area contributed by atoms with Crippen molar-refractivity contribution in [2.24, 2.45) is 0 Å². The Balaban J connectivity index is 2.73. The van der Waals surface area contributed by atoms with Crippen molar-refractivity contribution in [1.29, 1.82) is 0 Å². The first-order valence-corrected chi connectivity index (χ1v) is 5.79. The fourth-order valence-corrected chi connectivity index (χ4v) is 1.29. The lowest BCUT2D eigenvalue weighted by Crippen LogP contribution is -2.22. The Morgan fingerprint density at radius 3 is 1.60 bits per heavy atom. The standard InChI is InChI=1S/C12H16N2O6/c1-7(15)19-11(17)13-9-5-3-4-6-10(9)14-12(18)20-8(2)16/h3-8,15-16H,1-2H3,(H,13,17)(H,14,18). The third kappa shape index (κ3) is 5.55. The molecule has 0 fully saturated rings. The van der Waals surface area contributed by atoms with Gasteiger partial charge in [0.05, 0.1) is 11.4 Å². The van der Waals surface area contributed by atoms with Crippen molar-refractivity contribution in [3.05, 3.63) is 24.3 Å². The van der Waals surface area contributed by atoms with Gasteiger partial charge in [0.2, 0.25) is 0 Å². The van der Waals surface area contributed by atoms with Crippen LogP contribution in [-0.4, -0.2) is 35.0 Å². The predicted octanol–water partition coefficient (Wildman–Crippen LogP) is 1.46. The maximum atomic E-state index is 11.4. The summed E-state index contributed by atoms with van der Waals surface area (Å²) in [4.78, 5) is 22.7. The van der Waals surface area contributed by atoms with Gasteiger partial charge < -0.3 is 19.7 Å². The molecule has 2 amide bonds. The fraction of sp³-hybridized carbons (Fsp3) is 0.333. The van der Waals surface area contributed by atoms with E-state index in [1.165, 1.54) is 26.0 Å². The molecule has 0 aromatic heterocycles. The fourth-order valence-electron chi connectivity index (χ4n) is 1.29. The maximum absolute atomic E-state index is 11.4. The summed E-state index contributed by atoms with van der Waals surface area (Å²) in [6, 6.07) is 6.29. The molecule has 0 spiro atoms. The zero-order valence-electron chi connectivity index (χ0n) is 11.0. The Kier molecular flexibility index (Phi) is 5.75. The number of anilines is 2. The third-order valence-electron chi connectivity index (χ3n) is 1.96. The summed E-state index contributed by atoms with van der Waals surface area (Å²) in [6.07, 6.45) is -4.26. The number of hydrogen-bond acceptors (Lipinski definition) is 6. The van der Waals surface area contributed by atoms with E-state index in [-0.39, 0.29) is 11.4 Å². The molecule has 8 nitrogen and oxygen atoms in total. The molecule has 0 saturated heterocycles. The highest BCUT2D eigenvalue weighted by molar-refractivity contribution is 5.95. The molecule has 0 aliphatic rings. The molecular formula is C12H16N2O6. The molecule has 1 rings (SSSR count). The number of hydrogen-bond donors (Lipinski definition) is 4. The smallest absolute Gasteiger partial charge is 0.413 e. The minimum atomic E-state index is -1.25. The molecule has 20 heavy (non-hydrogen) atoms. The Morgan fingerprint density at radius 1 is 0.950 bits per heavy atom. The second-order valence-corrected chi connectivity index (χ2v) is 3.80. The van der Waals surface area contributed by atoms with Gasteiger partial charge in [-0.25, -0.2) is 9.59 Å². The first-order chi connectivity index (χ1) is 9.38. The van der Waals surface area contributed by atoms with Crippen LogP contribution in [0, 0.1) is 0 Å². The van der Waals surface area contributed by atoms with Crippen LogP contribution in [0.15, 0.2) is 24.3 Å². The highest BCUT2D eigenvalue weighted by Gasteiger charge is 2.12. The van der Waals surface area contributed by atoms with Gasteiger partial charge >= 0.3 is 12.2 Å². The predicted molar refractivity (Wildman–Crippen MR) is 70.0 cm³/mol. The van der Waals surface area contributed by atoms with Gasteiger partial charge in [0.15, 0.2) is 12.6 Å². The zero-order chi connectivity index (χ0) is 15.1. The molecule has 0 aliphatic heterocycles. The first-order valence-electron chi connectivity index (χ1n) is 5.79. The Labute approximate surface area is 115 Å². The molecule has 0 aliphatic carbocycles. The van der Waals surface area contributed by atoms with Crippen LogP contribution in [-0.2, 0) is 9.47 Å². The van der Waals surface area contributed by atoms with Crippen molar-refractivity contribution in [3.8, 4) is 0 Å². The molecule has 8 heteroatoms. The largest absolute Gasteiger partial charge is 0.420 e. The molecular weight excluding hydrogens is 268 g/mol. The number of nitrogens with one attached hydrogen (secondary N) is 2. The number of aliphatic hydroxyl groups is 2. The molecule has 110 valence electrons. The van der Waals surface area contributed by atoms with E-state index in [4.69, 9.17) is 10.2 Å². The average Bonchev–Trinajstić information content (AvgIpc) is 2.29. The summed E-state index contributed by atoms with van der Waals surface area (Å²) in [5.74, 6) is 0. The highest BCUT2D eigenvalue weighted by Crippen LogP contribution is 2.21. The molecule has 0 heterocycles. The van der Waals surface area contributed by atoms with E-state index in [0.29, 0.717) is 0 Å². The lowest BCUT2D eigenvalue weighted by molar-refractivity contribution is -0.0326. The highest BCUT2D eigenvalue weighted by atomic mass is 16.6. The summed E-state index contributed by atoms with van der Waals surface area (Å²) in [5.41, 5.74) is 0.501. The van der Waals surface area contributed by atoms with E-state index >= 15 is 0 Å². The first kappa shape index (κ1) is 15.7. The van der Waals surface area contributed by atoms with Crippen molar-refractivity contribution < 1.29 is 29.3 Å². The van der Waals surface area contributed by atoms with E-state index in [9.17, 15) is 9.59 Å². The van der Waals surface area contributed by atoms with Crippen LogP contribution in [0.3, 0.4) is 0 Å². The molecule has 1 aromatic rings. The number of carbonyl (C=O) groups is 2. The number of benzene rings is 1. The monoisotopic (exact) mass is 284 g/mol. The van der Waals surface area contributed by atoms with Gasteiger partial charge in [-0.2, -0.15) is 0 Å². The number of rotatable bonds is 4. The topological polar surface area (TPSA) is 117 Å². The van der Waals surface area contributed by atoms with E-state index in [1.807, 2.05) is 0 Å². The minimum Gasteiger partial charge on any atom is -0.420 e. The summed E-state index contributed by atoms with van der Waals surface area (Å²) < 4.78 is 9.00. The van der Waals surface area contributed by atoms with Gasteiger partial charge in [-0.05, 0) is 26.0 Å². The lowest BCUT2D eigenvalue weighted by Gasteiger charge is -2.14. The Hall–Kier alpha value is -2.32. The van der Waals surface area contributed by atoms with Gasteiger partial charge in [-0.15, -0.1) is 0 Å². The summed E-state index contributed by atoms with van der Waals surface area (Å²) in [6.45, 7) is 2.56. The number of amides is 2. The second-order valence-electron chi connectivity index (χ2n) is 3.80. The SMILES string of the molecule is CC(O)OC(=O)Nc1ccccc1NC(=O)OC(C)O. The second kappa shape index (κ2) is 7.31. The molecule has 1 aromatic carbocycles. The molecule has 0 saturated carbocycles. The Morgan fingerprint density at radius 2 is 1.30 bits per heavy atom. The van der Waals surface area contributed by atoms with Crippen molar-refractivity contribution in [2.75, 3.05) is 10.6 Å². The van der Waals surface area contributed by atoms with Crippen LogP contribution >= 0.6 is 0 Å². The lowest BCUT2D eigenvalue weighted by atomic mass is 10.2. The van der Waals surface area contributed by atoms with Crippen molar-refractivity contribution in [2.45, 2.75) is 26.4 Å². The molecule has 2 atom stereocenters. The molecule has 0 bridgehead atoms. The van der Waals surface area contributed by atoms with Crippen LogP contribution in [0.1, 0.15) is 13.8 Å². The van der Waals surface area contributed by atoms with Gasteiger partial charge in [0, 0.05) is 0 Å². The van der Waals surface area contributed by atoms with Gasteiger partial charge in [0.1, 0.15) is 0 Å². The molecule has 0 radical (unpaired) electrons. The van der Waals surface area contributed by atoms with Crippen molar-refractivity contribution in [3.63, 3.8) is 0 Å². The van der Waals surface area contributed by atoms with E-state index in [1.54, 1.807) is 12.1 Å². The van der Waals surface area contributed by atoms with Crippen molar-refractivity contribution in [1.82, 2.24) is 0 Å². The Bertz CT molecular complexity index is 432. The zero-order valence-corrected chi connectivity index (χ0v) is 11.0. The number of para-hydroxylation sites is 2. The van der Waals surface area contributed by atoms with Crippen LogP contribution in [0.2, 0.25) is 0 Å². The van der Waals surface area contributed by atoms with E-state index < -0.39 is 24.8 Å². The van der Waals surface area contributed by atoms with Gasteiger partial charge in [-0.3, -0.25) is 10.6 Å². The van der Waals surface area contributed by atoms with E-state index in [0.717, 1.165) is 0 Å². The minimum absolute atomic E-state index is 0.251. The summed E-state index contributed by atoms with van der Waals surface area (Å²) in [7, 11) is 0. The number of aliphatic hydroxyl groups excluding tert-OH is 2. The van der Waals surface area contributed by atoms with Crippen LogP contribution in [0.5, 0.6) is 0 Å². The van der Waals surface area contributed by atoms with Crippen molar-refractivity contribution >= 4 is 23.6 Å². The van der Waals surface area contributed by atoms with Gasteiger partial charge in [0.25, 0.3) is 0 Å². The van der Waals surface area contributed by atoms with Crippen LogP contribution in [0.4, 0.5) is 21.0 Å². The maximum Gasteiger partial charge on any atom is 0.413 e.